The minimum Gasteiger partial charge on any atom is -0.495 e. The van der Waals surface area contributed by atoms with Gasteiger partial charge in [0.1, 0.15) is 10.6 Å². The molecule has 1 saturated carbocycles. The van der Waals surface area contributed by atoms with E-state index in [1.807, 2.05) is 24.3 Å². The lowest BCUT2D eigenvalue weighted by Crippen LogP contribution is -2.41. The molecule has 3 rings (SSSR count). The number of methoxy groups -OCH3 is 1. The number of hydrogen-bond acceptors (Lipinski definition) is 4. The molecule has 0 heterocycles. The first-order valence-corrected chi connectivity index (χ1v) is 12.3. The number of hydrogen-bond donors (Lipinski definition) is 2. The molecule has 1 aliphatic rings. The molecule has 1 fully saturated rings. The molecule has 2 atom stereocenters. The molecule has 168 valence electrons. The molecule has 0 saturated heterocycles. The standard InChI is InChI=1S/C24H32N2O4S/c1-16(2)18-9-12-20(13-10-18)25-24(27)19-11-14-22(30-4)23(15-19)31(28,29)26-21-8-6-5-7-17(21)3/h9-17,21,26H,5-8H2,1-4H3,(H,25,27)/t17-,21-/m1/s1. The van der Waals surface area contributed by atoms with Gasteiger partial charge in [0.15, 0.2) is 0 Å². The molecule has 7 heteroatoms. The molecule has 1 aliphatic carbocycles. The quantitative estimate of drug-likeness (QED) is 0.634. The van der Waals surface area contributed by atoms with Crippen molar-refractivity contribution < 1.29 is 17.9 Å². The summed E-state index contributed by atoms with van der Waals surface area (Å²) in [5.41, 5.74) is 2.09. The Morgan fingerprint density at radius 1 is 1.06 bits per heavy atom. The third-order valence-electron chi connectivity index (χ3n) is 5.97. The van der Waals surface area contributed by atoms with Crippen LogP contribution in [-0.4, -0.2) is 27.5 Å². The van der Waals surface area contributed by atoms with Crippen LogP contribution in [0.15, 0.2) is 47.4 Å². The number of anilines is 1. The molecule has 2 N–H and O–H groups in total. The summed E-state index contributed by atoms with van der Waals surface area (Å²) in [5.74, 6) is 0.518. The first kappa shape index (κ1) is 23.3. The van der Waals surface area contributed by atoms with Crippen molar-refractivity contribution >= 4 is 21.6 Å². The minimum atomic E-state index is -3.83. The number of nitrogens with one attached hydrogen (secondary N) is 2. The number of sulfonamides is 1. The van der Waals surface area contributed by atoms with Crippen LogP contribution in [-0.2, 0) is 10.0 Å². The van der Waals surface area contributed by atoms with Gasteiger partial charge < -0.3 is 10.1 Å². The lowest BCUT2D eigenvalue weighted by Gasteiger charge is -2.29. The SMILES string of the molecule is COc1ccc(C(=O)Nc2ccc(C(C)C)cc2)cc1S(=O)(=O)N[C@@H]1CCCC[C@H]1C. The average molecular weight is 445 g/mol. The summed E-state index contributed by atoms with van der Waals surface area (Å²) < 4.78 is 34.4. The van der Waals surface area contributed by atoms with Crippen molar-refractivity contribution in [1.82, 2.24) is 4.72 Å². The van der Waals surface area contributed by atoms with Gasteiger partial charge in [-0.05, 0) is 60.6 Å². The Kier molecular flexibility index (Phi) is 7.38. The summed E-state index contributed by atoms with van der Waals surface area (Å²) >= 11 is 0. The molecule has 0 bridgehead atoms. The fourth-order valence-corrected chi connectivity index (χ4v) is 5.51. The highest BCUT2D eigenvalue weighted by Gasteiger charge is 2.29. The van der Waals surface area contributed by atoms with Crippen LogP contribution in [0.4, 0.5) is 5.69 Å². The van der Waals surface area contributed by atoms with Gasteiger partial charge in [0, 0.05) is 17.3 Å². The Bertz CT molecular complexity index is 1020. The minimum absolute atomic E-state index is 0.0180. The number of carbonyl (C=O) groups excluding carboxylic acids is 1. The van der Waals surface area contributed by atoms with Gasteiger partial charge in [-0.2, -0.15) is 0 Å². The number of rotatable bonds is 7. The normalized spacial score (nSPS) is 19.3. The lowest BCUT2D eigenvalue weighted by molar-refractivity contribution is 0.102. The first-order valence-electron chi connectivity index (χ1n) is 10.8. The number of carbonyl (C=O) groups is 1. The Morgan fingerprint density at radius 3 is 2.35 bits per heavy atom. The second-order valence-corrected chi connectivity index (χ2v) is 10.3. The molecule has 31 heavy (non-hydrogen) atoms. The van der Waals surface area contributed by atoms with E-state index in [2.05, 4.69) is 30.8 Å². The second kappa shape index (κ2) is 9.83. The molecule has 0 radical (unpaired) electrons. The fraction of sp³-hybridized carbons (Fsp3) is 0.458. The third-order valence-corrected chi connectivity index (χ3v) is 7.48. The van der Waals surface area contributed by atoms with Crippen molar-refractivity contribution in [2.45, 2.75) is 63.3 Å². The Balaban J connectivity index is 1.82. The van der Waals surface area contributed by atoms with Gasteiger partial charge in [0.2, 0.25) is 10.0 Å². The summed E-state index contributed by atoms with van der Waals surface area (Å²) in [6.45, 7) is 6.28. The summed E-state index contributed by atoms with van der Waals surface area (Å²) in [6.07, 6.45) is 3.95. The highest BCUT2D eigenvalue weighted by atomic mass is 32.2. The maximum atomic E-state index is 13.1. The van der Waals surface area contributed by atoms with Crippen LogP contribution in [0.25, 0.3) is 0 Å². The molecule has 1 amide bonds. The fourth-order valence-electron chi connectivity index (χ4n) is 3.94. The van der Waals surface area contributed by atoms with Gasteiger partial charge in [-0.15, -0.1) is 0 Å². The van der Waals surface area contributed by atoms with Gasteiger partial charge in [-0.3, -0.25) is 4.79 Å². The van der Waals surface area contributed by atoms with E-state index in [1.165, 1.54) is 24.8 Å². The van der Waals surface area contributed by atoms with Gasteiger partial charge >= 0.3 is 0 Å². The summed E-state index contributed by atoms with van der Waals surface area (Å²) in [5, 5.41) is 2.83. The van der Waals surface area contributed by atoms with E-state index < -0.39 is 10.0 Å². The van der Waals surface area contributed by atoms with E-state index in [-0.39, 0.29) is 34.1 Å². The number of amides is 1. The molecule has 2 aromatic carbocycles. The van der Waals surface area contributed by atoms with Gasteiger partial charge in [0.25, 0.3) is 5.91 Å². The molecule has 2 aromatic rings. The van der Waals surface area contributed by atoms with E-state index in [0.717, 1.165) is 25.7 Å². The van der Waals surface area contributed by atoms with Crippen LogP contribution in [0.1, 0.15) is 68.3 Å². The molecule has 0 unspecified atom stereocenters. The highest BCUT2D eigenvalue weighted by Crippen LogP contribution is 2.29. The van der Waals surface area contributed by atoms with E-state index in [0.29, 0.717) is 11.6 Å². The van der Waals surface area contributed by atoms with Gasteiger partial charge in [-0.25, -0.2) is 13.1 Å². The zero-order valence-electron chi connectivity index (χ0n) is 18.6. The van der Waals surface area contributed by atoms with Crippen LogP contribution in [0.3, 0.4) is 0 Å². The largest absolute Gasteiger partial charge is 0.495 e. The van der Waals surface area contributed by atoms with Crippen LogP contribution in [0.2, 0.25) is 0 Å². The zero-order chi connectivity index (χ0) is 22.6. The molecule has 0 aliphatic heterocycles. The number of benzene rings is 2. The summed E-state index contributed by atoms with van der Waals surface area (Å²) in [6, 6.07) is 12.0. The van der Waals surface area contributed by atoms with Gasteiger partial charge in [-0.1, -0.05) is 45.7 Å². The van der Waals surface area contributed by atoms with E-state index in [1.54, 1.807) is 6.07 Å². The predicted molar refractivity (Wildman–Crippen MR) is 123 cm³/mol. The topological polar surface area (TPSA) is 84.5 Å². The van der Waals surface area contributed by atoms with Crippen molar-refractivity contribution in [2.24, 2.45) is 5.92 Å². The molecular formula is C24H32N2O4S. The maximum Gasteiger partial charge on any atom is 0.255 e. The van der Waals surface area contributed by atoms with Gasteiger partial charge in [0.05, 0.1) is 7.11 Å². The number of ether oxygens (including phenoxy) is 1. The smallest absolute Gasteiger partial charge is 0.255 e. The average Bonchev–Trinajstić information content (AvgIpc) is 2.75. The van der Waals surface area contributed by atoms with Crippen molar-refractivity contribution in [3.63, 3.8) is 0 Å². The highest BCUT2D eigenvalue weighted by molar-refractivity contribution is 7.89. The third kappa shape index (κ3) is 5.66. The van der Waals surface area contributed by atoms with E-state index >= 15 is 0 Å². The van der Waals surface area contributed by atoms with Crippen molar-refractivity contribution in [3.05, 3.63) is 53.6 Å². The summed E-state index contributed by atoms with van der Waals surface area (Å²) in [7, 11) is -2.41. The van der Waals surface area contributed by atoms with Crippen LogP contribution in [0.5, 0.6) is 5.75 Å². The van der Waals surface area contributed by atoms with Crippen molar-refractivity contribution in [2.75, 3.05) is 12.4 Å². The van der Waals surface area contributed by atoms with E-state index in [4.69, 9.17) is 4.74 Å². The van der Waals surface area contributed by atoms with Crippen LogP contribution < -0.4 is 14.8 Å². The molecule has 6 nitrogen and oxygen atoms in total. The maximum absolute atomic E-state index is 13.1. The zero-order valence-corrected chi connectivity index (χ0v) is 19.5. The monoisotopic (exact) mass is 444 g/mol. The lowest BCUT2D eigenvalue weighted by atomic mass is 9.87. The summed E-state index contributed by atoms with van der Waals surface area (Å²) in [4.78, 5) is 12.8. The Labute approximate surface area is 185 Å². The van der Waals surface area contributed by atoms with Crippen LogP contribution in [0, 0.1) is 5.92 Å². The van der Waals surface area contributed by atoms with Crippen molar-refractivity contribution in [3.8, 4) is 5.75 Å². The Morgan fingerprint density at radius 2 is 1.74 bits per heavy atom. The molecular weight excluding hydrogens is 412 g/mol. The first-order chi connectivity index (χ1) is 14.7. The Hall–Kier alpha value is -2.38. The van der Waals surface area contributed by atoms with E-state index in [9.17, 15) is 13.2 Å². The predicted octanol–water partition coefficient (Wildman–Crippen LogP) is 4.93. The second-order valence-electron chi connectivity index (χ2n) is 8.59. The van der Waals surface area contributed by atoms with Crippen molar-refractivity contribution in [1.29, 1.82) is 0 Å². The molecule has 0 aromatic heterocycles. The van der Waals surface area contributed by atoms with Crippen LogP contribution >= 0.6 is 0 Å². The molecule has 0 spiro atoms.